The minimum Gasteiger partial charge on any atom is -0.388 e. The Labute approximate surface area is 87.9 Å². The van der Waals surface area contributed by atoms with Crippen LogP contribution in [0.1, 0.15) is 32.8 Å². The fraction of sp³-hybridized carbons (Fsp3) is 0.385. The summed E-state index contributed by atoms with van der Waals surface area (Å²) in [6.45, 7) is 6.14. The van der Waals surface area contributed by atoms with Crippen LogP contribution in [0.25, 0.3) is 6.08 Å². The maximum Gasteiger partial charge on any atom is 0.0411 e. The van der Waals surface area contributed by atoms with Crippen molar-refractivity contribution in [3.05, 3.63) is 35.9 Å². The van der Waals surface area contributed by atoms with E-state index in [1.165, 1.54) is 11.3 Å². The Kier molecular flexibility index (Phi) is 7.62. The number of benzene rings is 1. The highest BCUT2D eigenvalue weighted by molar-refractivity contribution is 5.66. The van der Waals surface area contributed by atoms with Crippen molar-refractivity contribution >= 4 is 11.8 Å². The average Bonchev–Trinajstić information content (AvgIpc) is 2.29. The predicted molar refractivity (Wildman–Crippen MR) is 66.7 cm³/mol. The van der Waals surface area contributed by atoms with Crippen molar-refractivity contribution in [2.24, 2.45) is 0 Å². The summed E-state index contributed by atoms with van der Waals surface area (Å²) in [6.07, 6.45) is 5.39. The molecule has 0 atom stereocenters. The quantitative estimate of drug-likeness (QED) is 0.755. The molecular formula is C13H21N. The van der Waals surface area contributed by atoms with Crippen LogP contribution >= 0.6 is 0 Å². The summed E-state index contributed by atoms with van der Waals surface area (Å²) < 4.78 is 0. The van der Waals surface area contributed by atoms with Gasteiger partial charge < -0.3 is 5.32 Å². The van der Waals surface area contributed by atoms with Crippen molar-refractivity contribution < 1.29 is 0 Å². The maximum atomic E-state index is 3.15. The van der Waals surface area contributed by atoms with Crippen LogP contribution in [0.5, 0.6) is 0 Å². The van der Waals surface area contributed by atoms with E-state index in [1.807, 2.05) is 27.0 Å². The lowest BCUT2D eigenvalue weighted by Gasteiger charge is -2.03. The molecule has 1 nitrogen and oxygen atoms in total. The van der Waals surface area contributed by atoms with Crippen LogP contribution in [0, 0.1) is 0 Å². The standard InChI is InChI=1S/C11H15N.C2H6/c1-3-4-7-10-8-5-6-9-11(10)12-2;1-2/h4-9,12H,3H2,1-2H3;1-2H3/b7-4+;. The van der Waals surface area contributed by atoms with Gasteiger partial charge in [-0.1, -0.05) is 51.1 Å². The number of nitrogens with one attached hydrogen (secondary N) is 1. The van der Waals surface area contributed by atoms with Crippen molar-refractivity contribution in [3.63, 3.8) is 0 Å². The van der Waals surface area contributed by atoms with E-state index in [-0.39, 0.29) is 0 Å². The first-order valence-electron chi connectivity index (χ1n) is 5.31. The molecule has 0 saturated heterocycles. The SMILES string of the molecule is CC.CC/C=C/c1ccccc1NC. The van der Waals surface area contributed by atoms with E-state index in [1.54, 1.807) is 0 Å². The molecule has 1 rings (SSSR count). The average molecular weight is 191 g/mol. The third-order valence-corrected chi connectivity index (χ3v) is 1.76. The van der Waals surface area contributed by atoms with E-state index < -0.39 is 0 Å². The molecule has 78 valence electrons. The summed E-state index contributed by atoms with van der Waals surface area (Å²) >= 11 is 0. The van der Waals surface area contributed by atoms with Crippen LogP contribution in [-0.2, 0) is 0 Å². The van der Waals surface area contributed by atoms with Gasteiger partial charge in [0.1, 0.15) is 0 Å². The van der Waals surface area contributed by atoms with Gasteiger partial charge in [-0.2, -0.15) is 0 Å². The van der Waals surface area contributed by atoms with E-state index in [0.717, 1.165) is 6.42 Å². The van der Waals surface area contributed by atoms with Crippen molar-refractivity contribution in [2.45, 2.75) is 27.2 Å². The van der Waals surface area contributed by atoms with Crippen LogP contribution in [0.3, 0.4) is 0 Å². The Balaban J connectivity index is 0.000000791. The van der Waals surface area contributed by atoms with Gasteiger partial charge in [0.15, 0.2) is 0 Å². The first-order valence-corrected chi connectivity index (χ1v) is 5.31. The van der Waals surface area contributed by atoms with Gasteiger partial charge in [-0.05, 0) is 18.1 Å². The van der Waals surface area contributed by atoms with Gasteiger partial charge in [-0.25, -0.2) is 0 Å². The number of anilines is 1. The molecule has 0 heterocycles. The molecule has 0 radical (unpaired) electrons. The fourth-order valence-corrected chi connectivity index (χ4v) is 1.11. The summed E-state index contributed by atoms with van der Waals surface area (Å²) in [7, 11) is 1.94. The van der Waals surface area contributed by atoms with Gasteiger partial charge in [-0.15, -0.1) is 0 Å². The third-order valence-electron chi connectivity index (χ3n) is 1.76. The molecule has 0 spiro atoms. The molecule has 0 saturated carbocycles. The lowest BCUT2D eigenvalue weighted by Crippen LogP contribution is -1.89. The van der Waals surface area contributed by atoms with E-state index in [0.29, 0.717) is 0 Å². The van der Waals surface area contributed by atoms with Crippen molar-refractivity contribution in [1.82, 2.24) is 0 Å². The predicted octanol–water partition coefficient (Wildman–Crippen LogP) is 4.18. The van der Waals surface area contributed by atoms with Gasteiger partial charge in [0.05, 0.1) is 0 Å². The molecule has 0 bridgehead atoms. The van der Waals surface area contributed by atoms with Gasteiger partial charge in [0.2, 0.25) is 0 Å². The zero-order valence-corrected chi connectivity index (χ0v) is 9.67. The van der Waals surface area contributed by atoms with Crippen LogP contribution in [0.2, 0.25) is 0 Å². The van der Waals surface area contributed by atoms with Gasteiger partial charge in [0.25, 0.3) is 0 Å². The Bertz CT molecular complexity index is 264. The minimum atomic E-state index is 1.08. The molecule has 0 fully saturated rings. The van der Waals surface area contributed by atoms with Crippen LogP contribution in [0.15, 0.2) is 30.3 Å². The Morgan fingerprint density at radius 1 is 1.21 bits per heavy atom. The second-order valence-corrected chi connectivity index (χ2v) is 2.65. The molecule has 14 heavy (non-hydrogen) atoms. The Morgan fingerprint density at radius 3 is 2.43 bits per heavy atom. The zero-order chi connectivity index (χ0) is 10.8. The number of allylic oxidation sites excluding steroid dienone is 1. The fourth-order valence-electron chi connectivity index (χ4n) is 1.11. The monoisotopic (exact) mass is 191 g/mol. The minimum absolute atomic E-state index is 1.08. The van der Waals surface area contributed by atoms with Crippen LogP contribution in [0.4, 0.5) is 5.69 Å². The molecule has 0 aromatic heterocycles. The van der Waals surface area contributed by atoms with Gasteiger partial charge >= 0.3 is 0 Å². The summed E-state index contributed by atoms with van der Waals surface area (Å²) in [5.74, 6) is 0. The lowest BCUT2D eigenvalue weighted by atomic mass is 10.1. The number of hydrogen-bond donors (Lipinski definition) is 1. The molecule has 1 heteroatoms. The molecule has 0 aliphatic rings. The number of rotatable bonds is 3. The highest BCUT2D eigenvalue weighted by Crippen LogP contribution is 2.15. The molecule has 0 unspecified atom stereocenters. The Hall–Kier alpha value is -1.24. The first-order chi connectivity index (χ1) is 6.88. The molecule has 1 aromatic rings. The van der Waals surface area contributed by atoms with Crippen LogP contribution in [-0.4, -0.2) is 7.05 Å². The van der Waals surface area contributed by atoms with E-state index >= 15 is 0 Å². The second-order valence-electron chi connectivity index (χ2n) is 2.65. The molecular weight excluding hydrogens is 170 g/mol. The lowest BCUT2D eigenvalue weighted by molar-refractivity contribution is 1.23. The number of hydrogen-bond acceptors (Lipinski definition) is 1. The largest absolute Gasteiger partial charge is 0.388 e. The summed E-state index contributed by atoms with van der Waals surface area (Å²) in [4.78, 5) is 0. The summed E-state index contributed by atoms with van der Waals surface area (Å²) in [5.41, 5.74) is 2.43. The topological polar surface area (TPSA) is 12.0 Å². The highest BCUT2D eigenvalue weighted by Gasteiger charge is 1.92. The third kappa shape index (κ3) is 4.13. The maximum absolute atomic E-state index is 3.15. The van der Waals surface area contributed by atoms with Crippen molar-refractivity contribution in [3.8, 4) is 0 Å². The molecule has 1 aromatic carbocycles. The number of para-hydroxylation sites is 1. The van der Waals surface area contributed by atoms with E-state index in [4.69, 9.17) is 0 Å². The van der Waals surface area contributed by atoms with Crippen molar-refractivity contribution in [1.29, 1.82) is 0 Å². The Morgan fingerprint density at radius 2 is 1.86 bits per heavy atom. The second kappa shape index (κ2) is 8.36. The van der Waals surface area contributed by atoms with Crippen LogP contribution < -0.4 is 5.32 Å². The van der Waals surface area contributed by atoms with E-state index in [9.17, 15) is 0 Å². The molecule has 0 aliphatic carbocycles. The summed E-state index contributed by atoms with van der Waals surface area (Å²) in [6, 6.07) is 8.28. The summed E-state index contributed by atoms with van der Waals surface area (Å²) in [5, 5.41) is 3.15. The van der Waals surface area contributed by atoms with Crippen molar-refractivity contribution in [2.75, 3.05) is 12.4 Å². The normalized spacial score (nSPS) is 9.43. The highest BCUT2D eigenvalue weighted by atomic mass is 14.8. The first kappa shape index (κ1) is 12.8. The van der Waals surface area contributed by atoms with Gasteiger partial charge in [0, 0.05) is 12.7 Å². The zero-order valence-electron chi connectivity index (χ0n) is 9.67. The molecule has 0 aliphatic heterocycles. The van der Waals surface area contributed by atoms with E-state index in [2.05, 4.69) is 42.6 Å². The van der Waals surface area contributed by atoms with Gasteiger partial charge in [-0.3, -0.25) is 0 Å². The molecule has 1 N–H and O–H groups in total. The molecule has 0 amide bonds. The smallest absolute Gasteiger partial charge is 0.0411 e.